The molecule has 102 valence electrons. The summed E-state index contributed by atoms with van der Waals surface area (Å²) in [6.07, 6.45) is 11.1. The third-order valence-corrected chi connectivity index (χ3v) is 4.22. The summed E-state index contributed by atoms with van der Waals surface area (Å²) in [5.41, 5.74) is 0.230. The highest BCUT2D eigenvalue weighted by Gasteiger charge is 2.37. The molecule has 2 atom stereocenters. The second-order valence-electron chi connectivity index (χ2n) is 7.11. The van der Waals surface area contributed by atoms with Crippen LogP contribution in [-0.4, -0.2) is 36.1 Å². The molecule has 2 nitrogen and oxygen atoms in total. The largest absolute Gasteiger partial charge is 0.312 e. The van der Waals surface area contributed by atoms with E-state index in [0.29, 0.717) is 0 Å². The van der Waals surface area contributed by atoms with Crippen molar-refractivity contribution in [3.8, 4) is 12.3 Å². The number of nitrogens with zero attached hydrogens (tertiary/aromatic N) is 1. The van der Waals surface area contributed by atoms with Gasteiger partial charge in [0.1, 0.15) is 0 Å². The van der Waals surface area contributed by atoms with E-state index < -0.39 is 0 Å². The van der Waals surface area contributed by atoms with E-state index in [0.717, 1.165) is 31.0 Å². The van der Waals surface area contributed by atoms with E-state index in [4.69, 9.17) is 6.42 Å². The summed E-state index contributed by atoms with van der Waals surface area (Å²) in [5, 5.41) is 3.64. The Morgan fingerprint density at radius 1 is 1.22 bits per heavy atom. The minimum atomic E-state index is 0.230. The predicted octanol–water partition coefficient (Wildman–Crippen LogP) is 2.50. The van der Waals surface area contributed by atoms with Gasteiger partial charge in [0.25, 0.3) is 0 Å². The number of hydrogen-bond acceptors (Lipinski definition) is 2. The van der Waals surface area contributed by atoms with Crippen LogP contribution in [0.4, 0.5) is 0 Å². The molecule has 2 unspecified atom stereocenters. The van der Waals surface area contributed by atoms with Gasteiger partial charge in [-0.2, -0.15) is 0 Å². The Kier molecular flexibility index (Phi) is 4.35. The van der Waals surface area contributed by atoms with Crippen molar-refractivity contribution in [3.63, 3.8) is 0 Å². The first-order chi connectivity index (χ1) is 8.49. The second-order valence-corrected chi connectivity index (χ2v) is 7.11. The highest BCUT2D eigenvalue weighted by molar-refractivity contribution is 4.98. The summed E-state index contributed by atoms with van der Waals surface area (Å²) in [4.78, 5) is 2.57. The van der Waals surface area contributed by atoms with Crippen LogP contribution in [0.5, 0.6) is 0 Å². The van der Waals surface area contributed by atoms with Gasteiger partial charge in [0.05, 0.1) is 6.54 Å². The predicted molar refractivity (Wildman–Crippen MR) is 77.4 cm³/mol. The van der Waals surface area contributed by atoms with Crippen LogP contribution in [0, 0.1) is 24.2 Å². The van der Waals surface area contributed by atoms with Crippen LogP contribution in [0.15, 0.2) is 0 Å². The van der Waals surface area contributed by atoms with Gasteiger partial charge in [0.15, 0.2) is 0 Å². The molecule has 0 radical (unpaired) electrons. The van der Waals surface area contributed by atoms with Crippen molar-refractivity contribution in [2.24, 2.45) is 11.8 Å². The molecule has 0 saturated heterocycles. The summed E-state index contributed by atoms with van der Waals surface area (Å²) in [7, 11) is 0. The molecular weight excluding hydrogens is 220 g/mol. The fourth-order valence-corrected chi connectivity index (χ4v) is 2.77. The number of hydrogen-bond donors (Lipinski definition) is 1. The van der Waals surface area contributed by atoms with Crippen LogP contribution in [-0.2, 0) is 0 Å². The molecule has 2 rings (SSSR count). The van der Waals surface area contributed by atoms with Gasteiger partial charge in [-0.3, -0.25) is 4.90 Å². The fourth-order valence-electron chi connectivity index (χ4n) is 2.77. The molecule has 0 aromatic rings. The Morgan fingerprint density at radius 3 is 2.39 bits per heavy atom. The summed E-state index contributed by atoms with van der Waals surface area (Å²) < 4.78 is 0. The molecule has 2 saturated carbocycles. The Balaban J connectivity index is 1.80. The van der Waals surface area contributed by atoms with Crippen molar-refractivity contribution in [2.75, 3.05) is 19.6 Å². The van der Waals surface area contributed by atoms with Gasteiger partial charge in [-0.15, -0.1) is 6.42 Å². The van der Waals surface area contributed by atoms with Crippen LogP contribution >= 0.6 is 0 Å². The quantitative estimate of drug-likeness (QED) is 0.727. The van der Waals surface area contributed by atoms with Crippen LogP contribution in [0.3, 0.4) is 0 Å². The molecule has 1 N–H and O–H groups in total. The lowest BCUT2D eigenvalue weighted by atomic mass is 9.78. The third kappa shape index (κ3) is 4.00. The van der Waals surface area contributed by atoms with Gasteiger partial charge in [-0.05, 0) is 64.8 Å². The number of nitrogens with one attached hydrogen (secondary N) is 1. The van der Waals surface area contributed by atoms with E-state index >= 15 is 0 Å². The lowest BCUT2D eigenvalue weighted by molar-refractivity contribution is 0.0653. The van der Waals surface area contributed by atoms with Crippen molar-refractivity contribution >= 4 is 0 Å². The molecule has 0 spiro atoms. The van der Waals surface area contributed by atoms with Gasteiger partial charge < -0.3 is 5.32 Å². The Bertz CT molecular complexity index is 306. The molecule has 0 aliphatic heterocycles. The molecule has 0 amide bonds. The fraction of sp³-hybridized carbons (Fsp3) is 0.875. The SMILES string of the molecule is C#CCN(CC1CC1)C1CCC1CNC(C)(C)C. The molecule has 2 aliphatic rings. The summed E-state index contributed by atoms with van der Waals surface area (Å²) in [5.74, 6) is 4.59. The topological polar surface area (TPSA) is 15.3 Å². The van der Waals surface area contributed by atoms with Crippen LogP contribution in [0.1, 0.15) is 46.5 Å². The van der Waals surface area contributed by atoms with E-state index in [-0.39, 0.29) is 5.54 Å². The van der Waals surface area contributed by atoms with E-state index in [9.17, 15) is 0 Å². The Morgan fingerprint density at radius 2 is 1.94 bits per heavy atom. The molecule has 18 heavy (non-hydrogen) atoms. The summed E-state index contributed by atoms with van der Waals surface area (Å²) in [6, 6.07) is 0.733. The van der Waals surface area contributed by atoms with Crippen LogP contribution in [0.25, 0.3) is 0 Å². The van der Waals surface area contributed by atoms with Crippen LogP contribution in [0.2, 0.25) is 0 Å². The molecule has 0 aromatic carbocycles. The number of terminal acetylenes is 1. The van der Waals surface area contributed by atoms with Gasteiger partial charge in [-0.25, -0.2) is 0 Å². The molecule has 2 fully saturated rings. The number of rotatable bonds is 6. The maximum absolute atomic E-state index is 5.52. The lowest BCUT2D eigenvalue weighted by Crippen LogP contribution is -2.53. The molecule has 0 aromatic heterocycles. The molecular formula is C16H28N2. The highest BCUT2D eigenvalue weighted by atomic mass is 15.2. The first kappa shape index (κ1) is 13.9. The first-order valence-corrected chi connectivity index (χ1v) is 7.42. The van der Waals surface area contributed by atoms with Gasteiger partial charge in [-0.1, -0.05) is 5.92 Å². The second kappa shape index (κ2) is 5.63. The third-order valence-electron chi connectivity index (χ3n) is 4.22. The van der Waals surface area contributed by atoms with Gasteiger partial charge in [0.2, 0.25) is 0 Å². The van der Waals surface area contributed by atoms with E-state index in [1.54, 1.807) is 0 Å². The summed E-state index contributed by atoms with van der Waals surface area (Å²) in [6.45, 7) is 9.94. The first-order valence-electron chi connectivity index (χ1n) is 7.42. The van der Waals surface area contributed by atoms with Crippen molar-refractivity contribution in [1.29, 1.82) is 0 Å². The zero-order valence-electron chi connectivity index (χ0n) is 12.2. The minimum Gasteiger partial charge on any atom is -0.312 e. The zero-order valence-corrected chi connectivity index (χ0v) is 12.2. The van der Waals surface area contributed by atoms with Crippen molar-refractivity contribution in [3.05, 3.63) is 0 Å². The van der Waals surface area contributed by atoms with E-state index in [1.807, 2.05) is 0 Å². The monoisotopic (exact) mass is 248 g/mol. The molecule has 0 bridgehead atoms. The van der Waals surface area contributed by atoms with E-state index in [1.165, 1.54) is 32.2 Å². The standard InChI is InChI=1S/C16H28N2/c1-5-10-18(12-13-6-7-13)15-9-8-14(15)11-17-16(2,3)4/h1,13-15,17H,6-12H2,2-4H3. The zero-order chi connectivity index (χ0) is 13.2. The van der Waals surface area contributed by atoms with E-state index in [2.05, 4.69) is 36.9 Å². The molecule has 2 heteroatoms. The van der Waals surface area contributed by atoms with Crippen molar-refractivity contribution < 1.29 is 0 Å². The highest BCUT2D eigenvalue weighted by Crippen LogP contribution is 2.36. The average Bonchev–Trinajstić information content (AvgIpc) is 2.98. The van der Waals surface area contributed by atoms with Crippen LogP contribution < -0.4 is 5.32 Å². The minimum absolute atomic E-state index is 0.230. The summed E-state index contributed by atoms with van der Waals surface area (Å²) >= 11 is 0. The van der Waals surface area contributed by atoms with Gasteiger partial charge in [0, 0.05) is 18.1 Å². The maximum Gasteiger partial charge on any atom is 0.0601 e. The Hall–Kier alpha value is -0.520. The average molecular weight is 248 g/mol. The normalized spacial score (nSPS) is 27.9. The Labute approximate surface area is 113 Å². The van der Waals surface area contributed by atoms with Crippen molar-refractivity contribution in [2.45, 2.75) is 58.0 Å². The van der Waals surface area contributed by atoms with Crippen molar-refractivity contribution in [1.82, 2.24) is 10.2 Å². The maximum atomic E-state index is 5.52. The molecule has 2 aliphatic carbocycles. The smallest absolute Gasteiger partial charge is 0.0601 e. The van der Waals surface area contributed by atoms with Gasteiger partial charge >= 0.3 is 0 Å². The lowest BCUT2D eigenvalue weighted by Gasteiger charge is -2.45. The molecule has 0 heterocycles.